The molecule has 21 heavy (non-hydrogen) atoms. The fraction of sp³-hybridized carbons (Fsp3) is 0.125. The van der Waals surface area contributed by atoms with Crippen LogP contribution in [0.15, 0.2) is 54.6 Å². The van der Waals surface area contributed by atoms with Crippen LogP contribution >= 0.6 is 12.2 Å². The van der Waals surface area contributed by atoms with Crippen molar-refractivity contribution in [3.8, 4) is 5.75 Å². The largest absolute Gasteiger partial charge is 0.483 e. The minimum atomic E-state index is -0.154. The molecular formula is C16H16N2O2S. The van der Waals surface area contributed by atoms with Gasteiger partial charge in [0.2, 0.25) is 0 Å². The molecule has 0 saturated heterocycles. The Morgan fingerprint density at radius 3 is 2.43 bits per heavy atom. The molecule has 0 aliphatic heterocycles. The quantitative estimate of drug-likeness (QED) is 0.861. The van der Waals surface area contributed by atoms with Crippen LogP contribution in [0.25, 0.3) is 0 Å². The second-order valence-corrected chi connectivity index (χ2v) is 4.88. The molecule has 0 bridgehead atoms. The van der Waals surface area contributed by atoms with Crippen LogP contribution in [0.2, 0.25) is 0 Å². The summed E-state index contributed by atoms with van der Waals surface area (Å²) in [5.41, 5.74) is 7.07. The number of carbonyl (C=O) groups excluding carboxylic acids is 1. The van der Waals surface area contributed by atoms with Crippen molar-refractivity contribution in [2.45, 2.75) is 0 Å². The minimum absolute atomic E-state index is 0.0784. The molecule has 2 aromatic carbocycles. The molecule has 2 aromatic rings. The highest BCUT2D eigenvalue weighted by atomic mass is 32.1. The first-order chi connectivity index (χ1) is 10.1. The van der Waals surface area contributed by atoms with Crippen LogP contribution < -0.4 is 15.4 Å². The number of benzene rings is 2. The highest BCUT2D eigenvalue weighted by Gasteiger charge is 2.13. The lowest BCUT2D eigenvalue weighted by atomic mass is 10.2. The third-order valence-electron chi connectivity index (χ3n) is 3.02. The van der Waals surface area contributed by atoms with Crippen molar-refractivity contribution in [1.29, 1.82) is 0 Å². The zero-order chi connectivity index (χ0) is 15.2. The zero-order valence-corrected chi connectivity index (χ0v) is 12.5. The van der Waals surface area contributed by atoms with Crippen LogP contribution in [-0.4, -0.2) is 24.6 Å². The van der Waals surface area contributed by atoms with Crippen molar-refractivity contribution in [2.75, 3.05) is 18.6 Å². The number of nitrogens with two attached hydrogens (primary N) is 1. The minimum Gasteiger partial charge on any atom is -0.483 e. The maximum absolute atomic E-state index is 12.1. The van der Waals surface area contributed by atoms with Gasteiger partial charge in [0.15, 0.2) is 6.61 Å². The number of likely N-dealkylation sites (N-methyl/N-ethyl adjacent to an activating group) is 1. The van der Waals surface area contributed by atoms with Crippen molar-refractivity contribution >= 4 is 28.8 Å². The second kappa shape index (κ2) is 6.85. The van der Waals surface area contributed by atoms with Crippen LogP contribution in [0, 0.1) is 0 Å². The van der Waals surface area contributed by atoms with Crippen molar-refractivity contribution in [3.63, 3.8) is 0 Å². The first kappa shape index (κ1) is 15.0. The van der Waals surface area contributed by atoms with Gasteiger partial charge >= 0.3 is 0 Å². The molecule has 2 N–H and O–H groups in total. The van der Waals surface area contributed by atoms with Gasteiger partial charge in [-0.15, -0.1) is 0 Å². The Kier molecular flexibility index (Phi) is 4.90. The Labute approximate surface area is 129 Å². The molecule has 2 rings (SSSR count). The van der Waals surface area contributed by atoms with Crippen molar-refractivity contribution < 1.29 is 9.53 Å². The summed E-state index contributed by atoms with van der Waals surface area (Å²) in [5.74, 6) is 0.360. The summed E-state index contributed by atoms with van der Waals surface area (Å²) in [4.78, 5) is 13.9. The maximum Gasteiger partial charge on any atom is 0.264 e. The van der Waals surface area contributed by atoms with E-state index >= 15 is 0 Å². The van der Waals surface area contributed by atoms with E-state index in [0.29, 0.717) is 11.3 Å². The average molecular weight is 300 g/mol. The van der Waals surface area contributed by atoms with Crippen LogP contribution in [0.3, 0.4) is 0 Å². The van der Waals surface area contributed by atoms with E-state index in [1.807, 2.05) is 42.5 Å². The fourth-order valence-electron chi connectivity index (χ4n) is 1.83. The molecule has 1 amide bonds. The van der Waals surface area contributed by atoms with E-state index in [2.05, 4.69) is 0 Å². The number of para-hydroxylation sites is 2. The highest BCUT2D eigenvalue weighted by molar-refractivity contribution is 7.80. The molecule has 0 unspecified atom stereocenters. The molecule has 4 nitrogen and oxygen atoms in total. The van der Waals surface area contributed by atoms with Crippen LogP contribution in [0.5, 0.6) is 5.75 Å². The van der Waals surface area contributed by atoms with Gasteiger partial charge in [0.25, 0.3) is 5.91 Å². The molecule has 0 spiro atoms. The monoisotopic (exact) mass is 300 g/mol. The number of amides is 1. The second-order valence-electron chi connectivity index (χ2n) is 4.44. The number of carbonyl (C=O) groups is 1. The van der Waals surface area contributed by atoms with Crippen LogP contribution in [-0.2, 0) is 4.79 Å². The number of anilines is 1. The third-order valence-corrected chi connectivity index (χ3v) is 3.24. The van der Waals surface area contributed by atoms with E-state index in [-0.39, 0.29) is 17.5 Å². The predicted octanol–water partition coefficient (Wildman–Crippen LogP) is 2.36. The highest BCUT2D eigenvalue weighted by Crippen LogP contribution is 2.18. The number of hydrogen-bond donors (Lipinski definition) is 1. The summed E-state index contributed by atoms with van der Waals surface area (Å²) in [5, 5.41) is 0. The van der Waals surface area contributed by atoms with Gasteiger partial charge in [-0.1, -0.05) is 42.5 Å². The molecule has 0 aliphatic rings. The lowest BCUT2D eigenvalue weighted by molar-refractivity contribution is -0.120. The SMILES string of the molecule is CN(C(=O)COc1ccccc1C(N)=S)c1ccccc1. The molecule has 5 heteroatoms. The molecule has 0 aromatic heterocycles. The molecule has 108 valence electrons. The van der Waals surface area contributed by atoms with Gasteiger partial charge in [-0.3, -0.25) is 4.79 Å². The molecule has 0 fully saturated rings. The Hall–Kier alpha value is -2.40. The van der Waals surface area contributed by atoms with E-state index in [9.17, 15) is 4.79 Å². The van der Waals surface area contributed by atoms with Gasteiger partial charge in [0.05, 0.1) is 5.56 Å². The number of nitrogens with zero attached hydrogens (tertiary/aromatic N) is 1. The lowest BCUT2D eigenvalue weighted by Gasteiger charge is -2.18. The van der Waals surface area contributed by atoms with E-state index in [1.54, 1.807) is 24.1 Å². The molecule has 0 saturated carbocycles. The fourth-order valence-corrected chi connectivity index (χ4v) is 2.00. The van der Waals surface area contributed by atoms with Gasteiger partial charge in [-0.2, -0.15) is 0 Å². The van der Waals surface area contributed by atoms with Crippen LogP contribution in [0.4, 0.5) is 5.69 Å². The number of ether oxygens (including phenoxy) is 1. The Balaban J connectivity index is 2.03. The molecule has 0 heterocycles. The van der Waals surface area contributed by atoms with E-state index in [0.717, 1.165) is 5.69 Å². The van der Waals surface area contributed by atoms with Gasteiger partial charge in [-0.05, 0) is 24.3 Å². The number of hydrogen-bond acceptors (Lipinski definition) is 3. The Morgan fingerprint density at radius 2 is 1.76 bits per heavy atom. The topological polar surface area (TPSA) is 55.6 Å². The summed E-state index contributed by atoms with van der Waals surface area (Å²) in [6, 6.07) is 16.5. The normalized spacial score (nSPS) is 9.95. The summed E-state index contributed by atoms with van der Waals surface area (Å²) in [6.45, 7) is -0.0784. The van der Waals surface area contributed by atoms with Crippen molar-refractivity contribution in [1.82, 2.24) is 0 Å². The number of rotatable bonds is 5. The molecule has 0 radical (unpaired) electrons. The third kappa shape index (κ3) is 3.79. The molecule has 0 aliphatic carbocycles. The van der Waals surface area contributed by atoms with E-state index < -0.39 is 0 Å². The first-order valence-electron chi connectivity index (χ1n) is 6.43. The Morgan fingerprint density at radius 1 is 1.14 bits per heavy atom. The van der Waals surface area contributed by atoms with Crippen LogP contribution in [0.1, 0.15) is 5.56 Å². The van der Waals surface area contributed by atoms with Gasteiger partial charge in [-0.25, -0.2) is 0 Å². The van der Waals surface area contributed by atoms with Crippen molar-refractivity contribution in [2.24, 2.45) is 5.73 Å². The predicted molar refractivity (Wildman–Crippen MR) is 87.7 cm³/mol. The van der Waals surface area contributed by atoms with Crippen molar-refractivity contribution in [3.05, 3.63) is 60.2 Å². The standard InChI is InChI=1S/C16H16N2O2S/c1-18(12-7-3-2-4-8-12)15(19)11-20-14-10-6-5-9-13(14)16(17)21/h2-10H,11H2,1H3,(H2,17,21). The molecule has 0 atom stereocenters. The summed E-state index contributed by atoms with van der Waals surface area (Å²) >= 11 is 4.96. The average Bonchev–Trinajstić information content (AvgIpc) is 2.52. The summed E-state index contributed by atoms with van der Waals surface area (Å²) in [7, 11) is 1.71. The van der Waals surface area contributed by atoms with E-state index in [1.165, 1.54) is 0 Å². The lowest BCUT2D eigenvalue weighted by Crippen LogP contribution is -2.31. The smallest absolute Gasteiger partial charge is 0.264 e. The van der Waals surface area contributed by atoms with E-state index in [4.69, 9.17) is 22.7 Å². The van der Waals surface area contributed by atoms with Gasteiger partial charge in [0.1, 0.15) is 10.7 Å². The molecular weight excluding hydrogens is 284 g/mol. The maximum atomic E-state index is 12.1. The zero-order valence-electron chi connectivity index (χ0n) is 11.7. The Bertz CT molecular complexity index is 644. The number of thiocarbonyl (C=S) groups is 1. The summed E-state index contributed by atoms with van der Waals surface area (Å²) < 4.78 is 5.54. The summed E-state index contributed by atoms with van der Waals surface area (Å²) in [6.07, 6.45) is 0. The van der Waals surface area contributed by atoms with Gasteiger partial charge < -0.3 is 15.4 Å². The van der Waals surface area contributed by atoms with Gasteiger partial charge in [0, 0.05) is 12.7 Å². The first-order valence-corrected chi connectivity index (χ1v) is 6.83.